The second-order valence-corrected chi connectivity index (χ2v) is 5.64. The van der Waals surface area contributed by atoms with Crippen LogP contribution in [-0.4, -0.2) is 14.5 Å². The van der Waals surface area contributed by atoms with Crippen LogP contribution in [0, 0.1) is 0 Å². The summed E-state index contributed by atoms with van der Waals surface area (Å²) in [6.07, 6.45) is -4.93. The smallest absolute Gasteiger partial charge is 0.219 e. The molecule has 0 N–H and O–H groups in total. The van der Waals surface area contributed by atoms with Gasteiger partial charge in [-0.2, -0.15) is 13.2 Å². The van der Waals surface area contributed by atoms with Gasteiger partial charge in [0, 0.05) is 0 Å². The van der Waals surface area contributed by atoms with Crippen molar-refractivity contribution < 1.29 is 17.6 Å². The number of hydrogen-bond donors (Lipinski definition) is 0. The minimum Gasteiger partial charge on any atom is -0.219 e. The van der Waals surface area contributed by atoms with Crippen molar-refractivity contribution in [2.75, 3.05) is 0 Å². The van der Waals surface area contributed by atoms with Crippen molar-refractivity contribution in [2.24, 2.45) is 0 Å². The topological polar surface area (TPSA) is 0 Å². The van der Waals surface area contributed by atoms with E-state index in [-0.39, 0.29) is 0 Å². The maximum absolute atomic E-state index is 12.4. The van der Waals surface area contributed by atoms with Crippen LogP contribution >= 0.6 is 47.8 Å². The minimum absolute atomic E-state index is 1.49. The van der Waals surface area contributed by atoms with Crippen molar-refractivity contribution >= 4 is 47.8 Å². The maximum Gasteiger partial charge on any atom is 0.434 e. The average molecular weight is 353 g/mol. The Hall–Kier alpha value is 1.16. The van der Waals surface area contributed by atoms with E-state index in [0.717, 1.165) is 0 Å². The van der Waals surface area contributed by atoms with Gasteiger partial charge in [0.15, 0.2) is 0 Å². The van der Waals surface area contributed by atoms with Crippen LogP contribution in [0.2, 0.25) is 0 Å². The molecule has 0 bridgehead atoms. The molecule has 0 saturated carbocycles. The fourth-order valence-electron chi connectivity index (χ4n) is 0.124. The molecule has 0 amide bonds. The summed E-state index contributed by atoms with van der Waals surface area (Å²) in [7, 11) is 0. The Morgan fingerprint density at radius 1 is 1.00 bits per heavy atom. The van der Waals surface area contributed by atoms with Crippen LogP contribution in [0.5, 0.6) is 0 Å². The van der Waals surface area contributed by atoms with E-state index in [1.807, 2.05) is 15.9 Å². The van der Waals surface area contributed by atoms with E-state index in [1.54, 1.807) is 0 Å². The van der Waals surface area contributed by atoms with Gasteiger partial charge in [0.1, 0.15) is 3.74 Å². The summed E-state index contributed by atoms with van der Waals surface area (Å²) in [4.78, 5) is 0. The molecule has 62 valence electrons. The van der Waals surface area contributed by atoms with E-state index >= 15 is 0 Å². The summed E-state index contributed by atoms with van der Waals surface area (Å²) in [5.41, 5.74) is 0. The molecular weight excluding hydrogens is 352 g/mol. The highest BCUT2D eigenvalue weighted by molar-refractivity contribution is 9.25. The van der Waals surface area contributed by atoms with E-state index < -0.39 is 14.5 Å². The van der Waals surface area contributed by atoms with Crippen molar-refractivity contribution in [3.05, 3.63) is 0 Å². The van der Waals surface area contributed by atoms with Crippen LogP contribution in [0.25, 0.3) is 0 Å². The van der Waals surface area contributed by atoms with E-state index in [4.69, 9.17) is 0 Å². The summed E-state index contributed by atoms with van der Waals surface area (Å²) < 4.78 is 42.3. The van der Waals surface area contributed by atoms with Gasteiger partial charge in [-0.25, -0.2) is 4.39 Å². The van der Waals surface area contributed by atoms with Crippen molar-refractivity contribution in [1.82, 2.24) is 0 Å². The molecule has 0 aromatic heterocycles. The molecule has 0 aliphatic carbocycles. The Bertz CT molecular complexity index is 117. The number of hydrogen-bond acceptors (Lipinski definition) is 0. The normalized spacial score (nSPS) is 19.2. The first-order valence-corrected chi connectivity index (χ1v) is 4.54. The molecule has 0 rings (SSSR count). The third kappa shape index (κ3) is 2.34. The van der Waals surface area contributed by atoms with Gasteiger partial charge < -0.3 is 0 Å². The molecule has 0 aliphatic heterocycles. The highest BCUT2D eigenvalue weighted by Crippen LogP contribution is 2.46. The molecular formula is C3HBr3F4. The Morgan fingerprint density at radius 3 is 1.30 bits per heavy atom. The van der Waals surface area contributed by atoms with Gasteiger partial charge in [0.2, 0.25) is 0 Å². The Labute approximate surface area is 79.7 Å². The summed E-state index contributed by atoms with van der Waals surface area (Å²) in [5.74, 6) is 0. The van der Waals surface area contributed by atoms with Crippen LogP contribution < -0.4 is 0 Å². The van der Waals surface area contributed by atoms with Gasteiger partial charge in [-0.3, -0.25) is 0 Å². The van der Waals surface area contributed by atoms with E-state index in [0.29, 0.717) is 0 Å². The van der Waals surface area contributed by atoms with Gasteiger partial charge in [-0.05, 0) is 15.9 Å². The molecule has 0 heterocycles. The van der Waals surface area contributed by atoms with Crippen molar-refractivity contribution in [2.45, 2.75) is 14.5 Å². The second-order valence-electron chi connectivity index (χ2n) is 1.42. The molecule has 0 fully saturated rings. The summed E-state index contributed by atoms with van der Waals surface area (Å²) in [6.45, 7) is 0. The monoisotopic (exact) mass is 350 g/mol. The SMILES string of the molecule is FC(F)(F)C(F)(Br)C(Br)Br. The van der Waals surface area contributed by atoms with Crippen LogP contribution in [0.1, 0.15) is 0 Å². The molecule has 0 saturated heterocycles. The zero-order valence-corrected chi connectivity index (χ0v) is 8.98. The van der Waals surface area contributed by atoms with Crippen LogP contribution in [0.15, 0.2) is 0 Å². The zero-order chi connectivity index (χ0) is 8.58. The third-order valence-corrected chi connectivity index (χ3v) is 4.05. The van der Waals surface area contributed by atoms with Crippen molar-refractivity contribution in [1.29, 1.82) is 0 Å². The standard InChI is InChI=1S/C3HBr3F4/c4-1(5)2(6,7)3(8,9)10/h1H. The lowest BCUT2D eigenvalue weighted by Crippen LogP contribution is -2.39. The van der Waals surface area contributed by atoms with Crippen LogP contribution in [0.3, 0.4) is 0 Å². The van der Waals surface area contributed by atoms with E-state index in [1.165, 1.54) is 0 Å². The molecule has 0 aliphatic rings. The van der Waals surface area contributed by atoms with Gasteiger partial charge in [-0.1, -0.05) is 31.9 Å². The molecule has 0 aromatic rings. The molecule has 0 nitrogen and oxygen atoms in total. The molecule has 7 heteroatoms. The second kappa shape index (κ2) is 3.26. The zero-order valence-electron chi connectivity index (χ0n) is 4.22. The molecule has 1 unspecified atom stereocenters. The predicted octanol–water partition coefficient (Wildman–Crippen LogP) is 3.73. The highest BCUT2D eigenvalue weighted by atomic mass is 79.9. The fraction of sp³-hybridized carbons (Fsp3) is 1.00. The largest absolute Gasteiger partial charge is 0.434 e. The Morgan fingerprint density at radius 2 is 1.30 bits per heavy atom. The van der Waals surface area contributed by atoms with Gasteiger partial charge in [-0.15, -0.1) is 0 Å². The number of alkyl halides is 7. The van der Waals surface area contributed by atoms with Crippen molar-refractivity contribution in [3.63, 3.8) is 0 Å². The molecule has 10 heavy (non-hydrogen) atoms. The highest BCUT2D eigenvalue weighted by Gasteiger charge is 2.58. The Balaban J connectivity index is 4.40. The number of halogens is 7. The Kier molecular flexibility index (Phi) is 3.64. The van der Waals surface area contributed by atoms with Gasteiger partial charge >= 0.3 is 6.18 Å². The van der Waals surface area contributed by atoms with Crippen LogP contribution in [0.4, 0.5) is 17.6 Å². The maximum atomic E-state index is 12.4. The average Bonchev–Trinajstić information content (AvgIpc) is 1.62. The quantitative estimate of drug-likeness (QED) is 0.498. The minimum atomic E-state index is -4.93. The molecule has 1 atom stereocenters. The summed E-state index contributed by atoms with van der Waals surface area (Å²) >= 11 is 6.69. The molecule has 0 spiro atoms. The van der Waals surface area contributed by atoms with Crippen molar-refractivity contribution in [3.8, 4) is 0 Å². The van der Waals surface area contributed by atoms with E-state index in [2.05, 4.69) is 31.9 Å². The summed E-state index contributed by atoms with van der Waals surface area (Å²) in [6, 6.07) is 0. The molecule has 0 aromatic carbocycles. The van der Waals surface area contributed by atoms with Gasteiger partial charge in [0.25, 0.3) is 4.58 Å². The van der Waals surface area contributed by atoms with E-state index in [9.17, 15) is 17.6 Å². The lowest BCUT2D eigenvalue weighted by atomic mass is 10.4. The lowest BCUT2D eigenvalue weighted by Gasteiger charge is -2.22. The summed E-state index contributed by atoms with van der Waals surface area (Å²) in [5, 5.41) is 0. The first-order valence-electron chi connectivity index (χ1n) is 1.92. The number of rotatable bonds is 1. The first kappa shape index (κ1) is 11.2. The first-order chi connectivity index (χ1) is 4.19. The molecule has 0 radical (unpaired) electrons. The lowest BCUT2D eigenvalue weighted by molar-refractivity contribution is -0.185. The fourth-order valence-corrected chi connectivity index (χ4v) is 0.643. The third-order valence-electron chi connectivity index (χ3n) is 0.652. The van der Waals surface area contributed by atoms with Crippen LogP contribution in [-0.2, 0) is 0 Å². The predicted molar refractivity (Wildman–Crippen MR) is 40.5 cm³/mol. The van der Waals surface area contributed by atoms with Gasteiger partial charge in [0.05, 0.1) is 0 Å².